The summed E-state index contributed by atoms with van der Waals surface area (Å²) in [7, 11) is 1.77. The van der Waals surface area contributed by atoms with Gasteiger partial charge in [0.2, 0.25) is 0 Å². The monoisotopic (exact) mass is 181 g/mol. The number of hydrogen-bond donors (Lipinski definition) is 0. The van der Waals surface area contributed by atoms with Gasteiger partial charge in [0.15, 0.2) is 0 Å². The number of hydrogen-bond acceptors (Lipinski definition) is 2. The topological polar surface area (TPSA) is 33.0 Å². The minimum absolute atomic E-state index is 0.317. The molecule has 1 rings (SSSR count). The van der Waals surface area contributed by atoms with Gasteiger partial charge >= 0.3 is 0 Å². The van der Waals surface area contributed by atoms with Crippen LogP contribution in [0, 0.1) is 23.2 Å². The van der Waals surface area contributed by atoms with Crippen LogP contribution >= 0.6 is 0 Å². The zero-order chi connectivity index (χ0) is 9.68. The lowest BCUT2D eigenvalue weighted by molar-refractivity contribution is 0.0409. The summed E-state index contributed by atoms with van der Waals surface area (Å²) in [6.45, 7) is 2.14. The molecule has 2 heteroatoms. The summed E-state index contributed by atoms with van der Waals surface area (Å²) < 4.78 is 5.46. The highest BCUT2D eigenvalue weighted by atomic mass is 16.5. The molecule has 2 unspecified atom stereocenters. The maximum atomic E-state index is 8.66. The van der Waals surface area contributed by atoms with E-state index < -0.39 is 0 Å². The fourth-order valence-corrected chi connectivity index (χ4v) is 1.82. The first-order valence-electron chi connectivity index (χ1n) is 5.21. The summed E-state index contributed by atoms with van der Waals surface area (Å²) in [5.41, 5.74) is 0. The fraction of sp³-hybridized carbons (Fsp3) is 0.909. The van der Waals surface area contributed by atoms with Gasteiger partial charge in [-0.15, -0.1) is 0 Å². The number of nitrogens with zero attached hydrogens (tertiary/aromatic N) is 1. The first-order valence-corrected chi connectivity index (χ1v) is 5.21. The van der Waals surface area contributed by atoms with E-state index in [0.29, 0.717) is 18.4 Å². The van der Waals surface area contributed by atoms with Gasteiger partial charge in [0.05, 0.1) is 12.2 Å². The van der Waals surface area contributed by atoms with Crippen LogP contribution in [0.5, 0.6) is 0 Å². The highest BCUT2D eigenvalue weighted by Crippen LogP contribution is 2.36. The van der Waals surface area contributed by atoms with E-state index in [1.807, 2.05) is 0 Å². The Morgan fingerprint density at radius 3 is 2.62 bits per heavy atom. The fourth-order valence-electron chi connectivity index (χ4n) is 1.82. The molecule has 2 nitrogen and oxygen atoms in total. The Kier molecular flexibility index (Phi) is 4.24. The summed E-state index contributed by atoms with van der Waals surface area (Å²) in [4.78, 5) is 0. The summed E-state index contributed by atoms with van der Waals surface area (Å²) in [5.74, 6) is 1.33. The Labute approximate surface area is 80.9 Å². The van der Waals surface area contributed by atoms with E-state index in [1.165, 1.54) is 12.8 Å². The third kappa shape index (κ3) is 3.36. The highest BCUT2D eigenvalue weighted by molar-refractivity contribution is 4.85. The molecular formula is C11H19NO. The van der Waals surface area contributed by atoms with Gasteiger partial charge in [-0.3, -0.25) is 0 Å². The van der Waals surface area contributed by atoms with E-state index in [4.69, 9.17) is 10.00 Å². The van der Waals surface area contributed by atoms with Gasteiger partial charge < -0.3 is 4.74 Å². The van der Waals surface area contributed by atoms with Gasteiger partial charge in [-0.05, 0) is 24.7 Å². The number of methoxy groups -OCH3 is 1. The van der Waals surface area contributed by atoms with Crippen molar-refractivity contribution in [1.29, 1.82) is 5.26 Å². The first kappa shape index (κ1) is 10.5. The molecule has 2 atom stereocenters. The van der Waals surface area contributed by atoms with Crippen LogP contribution in [0.25, 0.3) is 0 Å². The van der Waals surface area contributed by atoms with Crippen LogP contribution in [-0.2, 0) is 4.74 Å². The van der Waals surface area contributed by atoms with Crippen molar-refractivity contribution in [2.75, 3.05) is 7.11 Å². The van der Waals surface area contributed by atoms with Crippen molar-refractivity contribution in [3.05, 3.63) is 0 Å². The van der Waals surface area contributed by atoms with Crippen LogP contribution in [0.3, 0.4) is 0 Å². The summed E-state index contributed by atoms with van der Waals surface area (Å²) in [6, 6.07) is 2.25. The molecule has 0 aliphatic heterocycles. The van der Waals surface area contributed by atoms with E-state index in [9.17, 15) is 0 Å². The molecule has 1 aliphatic carbocycles. The van der Waals surface area contributed by atoms with Crippen molar-refractivity contribution in [3.63, 3.8) is 0 Å². The molecule has 0 spiro atoms. The predicted molar refractivity (Wildman–Crippen MR) is 52.1 cm³/mol. The Morgan fingerprint density at radius 1 is 1.54 bits per heavy atom. The SMILES string of the molecule is CCC(CC#N)C(CC1CC1)OC. The number of rotatable bonds is 6. The molecule has 0 radical (unpaired) electrons. The second-order valence-electron chi connectivity index (χ2n) is 3.98. The largest absolute Gasteiger partial charge is 0.381 e. The Morgan fingerprint density at radius 2 is 2.23 bits per heavy atom. The highest BCUT2D eigenvalue weighted by Gasteiger charge is 2.29. The Hall–Kier alpha value is -0.550. The first-order chi connectivity index (χ1) is 6.31. The van der Waals surface area contributed by atoms with Gasteiger partial charge in [-0.1, -0.05) is 19.8 Å². The van der Waals surface area contributed by atoms with Gasteiger partial charge in [-0.2, -0.15) is 5.26 Å². The second-order valence-corrected chi connectivity index (χ2v) is 3.98. The molecule has 0 saturated heterocycles. The maximum Gasteiger partial charge on any atom is 0.0625 e. The third-order valence-electron chi connectivity index (χ3n) is 2.97. The molecular weight excluding hydrogens is 162 g/mol. The van der Waals surface area contributed by atoms with Crippen LogP contribution in [0.2, 0.25) is 0 Å². The third-order valence-corrected chi connectivity index (χ3v) is 2.97. The molecule has 0 N–H and O–H groups in total. The molecule has 0 aromatic rings. The van der Waals surface area contributed by atoms with Crippen molar-refractivity contribution in [3.8, 4) is 6.07 Å². The molecule has 1 fully saturated rings. The quantitative estimate of drug-likeness (QED) is 0.631. The average Bonchev–Trinajstić information content (AvgIpc) is 2.94. The van der Waals surface area contributed by atoms with E-state index in [1.54, 1.807) is 7.11 Å². The lowest BCUT2D eigenvalue weighted by Gasteiger charge is -2.22. The normalized spacial score (nSPS) is 20.7. The molecule has 1 saturated carbocycles. The van der Waals surface area contributed by atoms with Crippen LogP contribution in [0.4, 0.5) is 0 Å². The van der Waals surface area contributed by atoms with Gasteiger partial charge in [0, 0.05) is 13.5 Å². The lowest BCUT2D eigenvalue weighted by Crippen LogP contribution is -2.22. The summed E-state index contributed by atoms with van der Waals surface area (Å²) >= 11 is 0. The second kappa shape index (κ2) is 5.24. The molecule has 0 heterocycles. The maximum absolute atomic E-state index is 8.66. The van der Waals surface area contributed by atoms with Crippen LogP contribution in [-0.4, -0.2) is 13.2 Å². The smallest absolute Gasteiger partial charge is 0.0625 e. The van der Waals surface area contributed by atoms with Crippen LogP contribution in [0.1, 0.15) is 39.0 Å². The molecule has 0 bridgehead atoms. The molecule has 0 aromatic carbocycles. The van der Waals surface area contributed by atoms with Crippen molar-refractivity contribution in [1.82, 2.24) is 0 Å². The van der Waals surface area contributed by atoms with Crippen molar-refractivity contribution in [2.45, 2.75) is 45.1 Å². The molecule has 0 amide bonds. The number of ether oxygens (including phenoxy) is 1. The van der Waals surface area contributed by atoms with Crippen molar-refractivity contribution >= 4 is 0 Å². The zero-order valence-electron chi connectivity index (χ0n) is 8.62. The average molecular weight is 181 g/mol. The van der Waals surface area contributed by atoms with Gasteiger partial charge in [0.25, 0.3) is 0 Å². The molecule has 1 aliphatic rings. The molecule has 0 aromatic heterocycles. The van der Waals surface area contributed by atoms with Crippen LogP contribution in [0.15, 0.2) is 0 Å². The lowest BCUT2D eigenvalue weighted by atomic mass is 9.92. The van der Waals surface area contributed by atoms with Gasteiger partial charge in [0.1, 0.15) is 0 Å². The van der Waals surface area contributed by atoms with E-state index in [0.717, 1.165) is 18.8 Å². The minimum Gasteiger partial charge on any atom is -0.381 e. The molecule has 74 valence electrons. The van der Waals surface area contributed by atoms with E-state index >= 15 is 0 Å². The summed E-state index contributed by atoms with van der Waals surface area (Å²) in [5, 5.41) is 8.66. The minimum atomic E-state index is 0.317. The van der Waals surface area contributed by atoms with Gasteiger partial charge in [-0.25, -0.2) is 0 Å². The van der Waals surface area contributed by atoms with Crippen molar-refractivity contribution in [2.24, 2.45) is 11.8 Å². The van der Waals surface area contributed by atoms with Crippen molar-refractivity contribution < 1.29 is 4.74 Å². The standard InChI is InChI=1S/C11H19NO/c1-3-10(6-7-12)11(13-2)8-9-4-5-9/h9-11H,3-6,8H2,1-2H3. The Balaban J connectivity index is 2.35. The summed E-state index contributed by atoms with van der Waals surface area (Å²) in [6.07, 6.45) is 5.90. The predicted octanol–water partition coefficient (Wildman–Crippen LogP) is 2.74. The molecule has 13 heavy (non-hydrogen) atoms. The number of nitriles is 1. The van der Waals surface area contributed by atoms with E-state index in [-0.39, 0.29) is 0 Å². The zero-order valence-corrected chi connectivity index (χ0v) is 8.62. The Bertz CT molecular complexity index is 181. The van der Waals surface area contributed by atoms with E-state index in [2.05, 4.69) is 13.0 Å². The van der Waals surface area contributed by atoms with Crippen LogP contribution < -0.4 is 0 Å².